The molecule has 2 aromatic carbocycles. The van der Waals surface area contributed by atoms with Gasteiger partial charge in [-0.2, -0.15) is 0 Å². The van der Waals surface area contributed by atoms with Gasteiger partial charge >= 0.3 is 0 Å². The Balaban J connectivity index is 1.39. The first kappa shape index (κ1) is 19.8. The van der Waals surface area contributed by atoms with Crippen molar-refractivity contribution >= 4 is 0 Å². The van der Waals surface area contributed by atoms with Crippen LogP contribution in [0, 0.1) is 5.82 Å². The first-order chi connectivity index (χ1) is 13.2. The highest BCUT2D eigenvalue weighted by Gasteiger charge is 2.16. The van der Waals surface area contributed by atoms with Gasteiger partial charge in [-0.05, 0) is 74.4 Å². The van der Waals surface area contributed by atoms with E-state index in [-0.39, 0.29) is 11.9 Å². The lowest BCUT2D eigenvalue weighted by molar-refractivity contribution is 0.0812. The molecule has 1 N–H and O–H groups in total. The molecule has 27 heavy (non-hydrogen) atoms. The molecule has 1 saturated heterocycles. The van der Waals surface area contributed by atoms with E-state index >= 15 is 0 Å². The second kappa shape index (κ2) is 10.4. The van der Waals surface area contributed by atoms with Gasteiger partial charge in [-0.25, -0.2) is 4.39 Å². The van der Waals surface area contributed by atoms with Crippen LogP contribution in [0.4, 0.5) is 4.39 Å². The maximum Gasteiger partial charge on any atom is 0.123 e. The average Bonchev–Trinajstić information content (AvgIpc) is 2.69. The summed E-state index contributed by atoms with van der Waals surface area (Å²) in [6.45, 7) is 3.83. The minimum absolute atomic E-state index is 0.101. The summed E-state index contributed by atoms with van der Waals surface area (Å²) in [5, 5.41) is 9.55. The maximum absolute atomic E-state index is 13.0. The van der Waals surface area contributed by atoms with Crippen LogP contribution < -0.4 is 4.74 Å². The van der Waals surface area contributed by atoms with Gasteiger partial charge in [-0.15, -0.1) is 0 Å². The molecule has 146 valence electrons. The van der Waals surface area contributed by atoms with Crippen LogP contribution >= 0.6 is 0 Å². The highest BCUT2D eigenvalue weighted by Crippen LogP contribution is 2.21. The Labute approximate surface area is 161 Å². The van der Waals surface area contributed by atoms with Crippen LogP contribution in [0.25, 0.3) is 0 Å². The summed E-state index contributed by atoms with van der Waals surface area (Å²) in [4.78, 5) is 2.43. The topological polar surface area (TPSA) is 32.7 Å². The molecule has 3 nitrogen and oxygen atoms in total. The van der Waals surface area contributed by atoms with Crippen LogP contribution in [-0.2, 0) is 12.8 Å². The van der Waals surface area contributed by atoms with E-state index < -0.39 is 0 Å². The lowest BCUT2D eigenvalue weighted by Crippen LogP contribution is -2.36. The Morgan fingerprint density at radius 1 is 0.963 bits per heavy atom. The van der Waals surface area contributed by atoms with Crippen molar-refractivity contribution < 1.29 is 14.2 Å². The minimum atomic E-state index is -0.191. The van der Waals surface area contributed by atoms with Gasteiger partial charge in [-0.1, -0.05) is 30.3 Å². The summed E-state index contributed by atoms with van der Waals surface area (Å²) >= 11 is 0. The molecule has 0 amide bonds. The van der Waals surface area contributed by atoms with Crippen LogP contribution in [-0.4, -0.2) is 42.4 Å². The number of hydrogen-bond donors (Lipinski definition) is 1. The van der Waals surface area contributed by atoms with E-state index in [0.717, 1.165) is 76.1 Å². The molecule has 0 bridgehead atoms. The van der Waals surface area contributed by atoms with E-state index in [9.17, 15) is 9.50 Å². The molecule has 4 heteroatoms. The van der Waals surface area contributed by atoms with Crippen molar-refractivity contribution in [3.8, 4) is 5.75 Å². The van der Waals surface area contributed by atoms with Crippen molar-refractivity contribution in [3.05, 3.63) is 65.5 Å². The molecule has 0 aliphatic carbocycles. The van der Waals surface area contributed by atoms with E-state index in [1.54, 1.807) is 0 Å². The molecule has 2 aromatic rings. The Morgan fingerprint density at radius 3 is 2.48 bits per heavy atom. The molecule has 1 fully saturated rings. The largest absolute Gasteiger partial charge is 0.493 e. The molecule has 0 radical (unpaired) electrons. The summed E-state index contributed by atoms with van der Waals surface area (Å²) in [5.41, 5.74) is 2.34. The number of ether oxygens (including phenoxy) is 1. The molecule has 1 heterocycles. The quantitative estimate of drug-likeness (QED) is 0.670. The third-order valence-electron chi connectivity index (χ3n) is 5.25. The van der Waals surface area contributed by atoms with Crippen molar-refractivity contribution in [2.24, 2.45) is 0 Å². The number of aliphatic hydroxyl groups excluding tert-OH is 1. The number of para-hydroxylation sites is 1. The first-order valence-electron chi connectivity index (χ1n) is 10.1. The van der Waals surface area contributed by atoms with Crippen molar-refractivity contribution in [2.75, 3.05) is 26.2 Å². The molecule has 0 spiro atoms. The van der Waals surface area contributed by atoms with Gasteiger partial charge < -0.3 is 14.7 Å². The Kier molecular flexibility index (Phi) is 7.66. The Morgan fingerprint density at radius 2 is 1.70 bits per heavy atom. The number of nitrogens with zero attached hydrogens (tertiary/aromatic N) is 1. The predicted octanol–water partition coefficient (Wildman–Crippen LogP) is 4.23. The molecular formula is C23H30FNO2. The average molecular weight is 371 g/mol. The Hall–Kier alpha value is -1.91. The van der Waals surface area contributed by atoms with Crippen LogP contribution in [0.2, 0.25) is 0 Å². The minimum Gasteiger partial charge on any atom is -0.493 e. The first-order valence-corrected chi connectivity index (χ1v) is 10.1. The zero-order chi connectivity index (χ0) is 18.9. The highest BCUT2D eigenvalue weighted by molar-refractivity contribution is 5.34. The Bertz CT molecular complexity index is 681. The van der Waals surface area contributed by atoms with E-state index in [4.69, 9.17) is 4.74 Å². The van der Waals surface area contributed by atoms with Gasteiger partial charge in [0.1, 0.15) is 11.6 Å². The van der Waals surface area contributed by atoms with Gasteiger partial charge in [0.05, 0.1) is 12.7 Å². The standard InChI is InChI=1S/C23H30FNO2/c24-21-11-8-19(9-12-21)7-10-20-5-1-2-6-23(20)27-18-4-3-15-25-16-13-22(26)14-17-25/h1-2,5-6,8-9,11-12,22,26H,3-4,7,10,13-18H2. The number of likely N-dealkylation sites (tertiary alicyclic amines) is 1. The van der Waals surface area contributed by atoms with Crippen LogP contribution in [0.5, 0.6) is 5.75 Å². The van der Waals surface area contributed by atoms with Gasteiger partial charge in [-0.3, -0.25) is 0 Å². The molecule has 3 rings (SSSR count). The summed E-state index contributed by atoms with van der Waals surface area (Å²) in [6.07, 6.45) is 5.62. The van der Waals surface area contributed by atoms with Crippen molar-refractivity contribution in [3.63, 3.8) is 0 Å². The number of halogens is 1. The molecule has 0 unspecified atom stereocenters. The molecule has 0 atom stereocenters. The fourth-order valence-corrected chi connectivity index (χ4v) is 3.54. The molecule has 1 aliphatic rings. The van der Waals surface area contributed by atoms with E-state index in [0.29, 0.717) is 0 Å². The SMILES string of the molecule is OC1CCN(CCCCOc2ccccc2CCc2ccc(F)cc2)CC1. The third-order valence-corrected chi connectivity index (χ3v) is 5.25. The van der Waals surface area contributed by atoms with Gasteiger partial charge in [0.15, 0.2) is 0 Å². The predicted molar refractivity (Wildman–Crippen MR) is 107 cm³/mol. The van der Waals surface area contributed by atoms with Crippen molar-refractivity contribution in [2.45, 2.75) is 44.6 Å². The molecule has 1 aliphatic heterocycles. The van der Waals surface area contributed by atoms with Crippen molar-refractivity contribution in [1.29, 1.82) is 0 Å². The number of benzene rings is 2. The molecular weight excluding hydrogens is 341 g/mol. The van der Waals surface area contributed by atoms with E-state index in [1.165, 1.54) is 17.7 Å². The van der Waals surface area contributed by atoms with Gasteiger partial charge in [0.25, 0.3) is 0 Å². The van der Waals surface area contributed by atoms with Crippen LogP contribution in [0.3, 0.4) is 0 Å². The zero-order valence-electron chi connectivity index (χ0n) is 15.9. The summed E-state index contributed by atoms with van der Waals surface area (Å²) in [5.74, 6) is 0.768. The van der Waals surface area contributed by atoms with Gasteiger partial charge in [0.2, 0.25) is 0 Å². The van der Waals surface area contributed by atoms with Crippen molar-refractivity contribution in [1.82, 2.24) is 4.90 Å². The normalized spacial score (nSPS) is 15.8. The number of aliphatic hydroxyl groups is 1. The lowest BCUT2D eigenvalue weighted by Gasteiger charge is -2.29. The highest BCUT2D eigenvalue weighted by atomic mass is 19.1. The molecule has 0 aromatic heterocycles. The van der Waals surface area contributed by atoms with Crippen LogP contribution in [0.15, 0.2) is 48.5 Å². The maximum atomic E-state index is 13.0. The molecule has 0 saturated carbocycles. The van der Waals surface area contributed by atoms with Crippen LogP contribution in [0.1, 0.15) is 36.8 Å². The van der Waals surface area contributed by atoms with E-state index in [2.05, 4.69) is 11.0 Å². The summed E-state index contributed by atoms with van der Waals surface area (Å²) in [7, 11) is 0. The second-order valence-corrected chi connectivity index (χ2v) is 7.36. The number of aryl methyl sites for hydroxylation is 2. The zero-order valence-corrected chi connectivity index (χ0v) is 15.9. The number of unbranched alkanes of at least 4 members (excludes halogenated alkanes) is 1. The lowest BCUT2D eigenvalue weighted by atomic mass is 10.0. The third kappa shape index (κ3) is 6.64. The monoisotopic (exact) mass is 371 g/mol. The fourth-order valence-electron chi connectivity index (χ4n) is 3.54. The smallest absolute Gasteiger partial charge is 0.123 e. The van der Waals surface area contributed by atoms with Gasteiger partial charge in [0, 0.05) is 13.1 Å². The van der Waals surface area contributed by atoms with E-state index in [1.807, 2.05) is 30.3 Å². The number of piperidine rings is 1. The number of rotatable bonds is 9. The summed E-state index contributed by atoms with van der Waals surface area (Å²) in [6, 6.07) is 14.9. The second-order valence-electron chi connectivity index (χ2n) is 7.36. The summed E-state index contributed by atoms with van der Waals surface area (Å²) < 4.78 is 19.1. The number of hydrogen-bond acceptors (Lipinski definition) is 3. The fraction of sp³-hybridized carbons (Fsp3) is 0.478.